The first-order chi connectivity index (χ1) is 12.3. The maximum absolute atomic E-state index is 12.2. The Morgan fingerprint density at radius 2 is 1.69 bits per heavy atom. The number of nitrogens with one attached hydrogen (secondary N) is 3. The second kappa shape index (κ2) is 10.7. The number of esters is 1. The number of ether oxygens (including phenoxy) is 2. The third kappa shape index (κ3) is 7.65. The summed E-state index contributed by atoms with van der Waals surface area (Å²) in [6.07, 6.45) is -0.597. The van der Waals surface area contributed by atoms with Crippen LogP contribution in [0.5, 0.6) is 0 Å². The summed E-state index contributed by atoms with van der Waals surface area (Å²) in [5.41, 5.74) is 5.04. The van der Waals surface area contributed by atoms with Crippen LogP contribution in [0.2, 0.25) is 0 Å². The van der Waals surface area contributed by atoms with Crippen LogP contribution in [0.4, 0.5) is 4.79 Å². The minimum atomic E-state index is -1.11. The van der Waals surface area contributed by atoms with Gasteiger partial charge in [-0.2, -0.15) is 0 Å². The Bertz CT molecular complexity index is 633. The molecule has 0 saturated carbocycles. The quantitative estimate of drug-likeness (QED) is 0.386. The molecule has 0 aliphatic heterocycles. The van der Waals surface area contributed by atoms with Crippen molar-refractivity contribution < 1.29 is 28.7 Å². The van der Waals surface area contributed by atoms with Crippen molar-refractivity contribution in [3.63, 3.8) is 0 Å². The van der Waals surface area contributed by atoms with Crippen LogP contribution in [0.1, 0.15) is 25.8 Å². The van der Waals surface area contributed by atoms with Gasteiger partial charge >= 0.3 is 18.0 Å². The zero-order valence-corrected chi connectivity index (χ0v) is 14.9. The fourth-order valence-corrected chi connectivity index (χ4v) is 1.97. The van der Waals surface area contributed by atoms with Crippen molar-refractivity contribution >= 4 is 23.9 Å². The lowest BCUT2D eigenvalue weighted by molar-refractivity contribution is -0.153. The first kappa shape index (κ1) is 20.9. The van der Waals surface area contributed by atoms with Gasteiger partial charge in [-0.25, -0.2) is 15.0 Å². The summed E-state index contributed by atoms with van der Waals surface area (Å²) in [6, 6.07) is 8.00. The number of benzene rings is 1. The third-order valence-electron chi connectivity index (χ3n) is 3.20. The van der Waals surface area contributed by atoms with Gasteiger partial charge in [0.25, 0.3) is 5.91 Å². The van der Waals surface area contributed by atoms with Crippen molar-refractivity contribution in [2.75, 3.05) is 7.11 Å². The van der Waals surface area contributed by atoms with Gasteiger partial charge in [0.15, 0.2) is 0 Å². The Hall–Kier alpha value is -3.10. The highest BCUT2D eigenvalue weighted by Crippen LogP contribution is 2.05. The largest absolute Gasteiger partial charge is 0.462 e. The Balaban J connectivity index is 2.50. The van der Waals surface area contributed by atoms with E-state index in [1.165, 1.54) is 0 Å². The molecule has 0 heterocycles. The number of carbonyl (C=O) groups is 4. The fraction of sp³-hybridized carbons (Fsp3) is 0.412. The molecule has 0 aromatic heterocycles. The summed E-state index contributed by atoms with van der Waals surface area (Å²) < 4.78 is 9.25. The predicted molar refractivity (Wildman–Crippen MR) is 91.3 cm³/mol. The highest BCUT2D eigenvalue weighted by molar-refractivity contribution is 6.32. The minimum Gasteiger partial charge on any atom is -0.462 e. The highest BCUT2D eigenvalue weighted by atomic mass is 16.6. The van der Waals surface area contributed by atoms with Gasteiger partial charge < -0.3 is 14.8 Å². The Morgan fingerprint density at radius 3 is 2.27 bits per heavy atom. The van der Waals surface area contributed by atoms with Crippen LogP contribution >= 0.6 is 0 Å². The van der Waals surface area contributed by atoms with E-state index in [1.807, 2.05) is 19.9 Å². The van der Waals surface area contributed by atoms with Gasteiger partial charge in [0.05, 0.1) is 7.11 Å². The number of amides is 3. The van der Waals surface area contributed by atoms with E-state index in [4.69, 9.17) is 4.74 Å². The molecule has 0 bridgehead atoms. The van der Waals surface area contributed by atoms with E-state index >= 15 is 0 Å². The molecule has 0 unspecified atom stereocenters. The summed E-state index contributed by atoms with van der Waals surface area (Å²) in [5, 5.41) is 2.26. The smallest absolute Gasteiger partial charge is 0.426 e. The Kier molecular flexibility index (Phi) is 8.62. The number of methoxy groups -OCH3 is 1. The van der Waals surface area contributed by atoms with Gasteiger partial charge in [0.1, 0.15) is 12.6 Å². The molecular formula is C17H23N3O6. The molecule has 0 aliphatic rings. The molecule has 0 aliphatic carbocycles. The Morgan fingerprint density at radius 1 is 1.04 bits per heavy atom. The van der Waals surface area contributed by atoms with E-state index in [0.717, 1.165) is 12.7 Å². The van der Waals surface area contributed by atoms with Gasteiger partial charge in [-0.05, 0) is 17.9 Å². The van der Waals surface area contributed by atoms with Gasteiger partial charge in [-0.15, -0.1) is 0 Å². The summed E-state index contributed by atoms with van der Waals surface area (Å²) >= 11 is 0. The molecule has 1 aromatic carbocycles. The number of hydrogen-bond donors (Lipinski definition) is 3. The molecule has 142 valence electrons. The van der Waals surface area contributed by atoms with Crippen LogP contribution in [-0.2, 0) is 30.5 Å². The Labute approximate surface area is 151 Å². The van der Waals surface area contributed by atoms with Crippen LogP contribution in [0.25, 0.3) is 0 Å². The number of hydrazine groups is 1. The molecule has 0 spiro atoms. The molecule has 9 heteroatoms. The highest BCUT2D eigenvalue weighted by Gasteiger charge is 2.25. The van der Waals surface area contributed by atoms with E-state index in [9.17, 15) is 19.2 Å². The second-order valence-corrected chi connectivity index (χ2v) is 5.82. The fourth-order valence-electron chi connectivity index (χ4n) is 1.97. The maximum atomic E-state index is 12.2. The summed E-state index contributed by atoms with van der Waals surface area (Å²) in [7, 11) is 1.06. The van der Waals surface area contributed by atoms with Crippen molar-refractivity contribution in [1.29, 1.82) is 0 Å². The molecule has 1 rings (SSSR count). The monoisotopic (exact) mass is 365 g/mol. The lowest BCUT2D eigenvalue weighted by atomic mass is 10.0. The zero-order chi connectivity index (χ0) is 19.5. The molecule has 1 aromatic rings. The first-order valence-electron chi connectivity index (χ1n) is 7.98. The minimum absolute atomic E-state index is 0.0387. The molecule has 0 saturated heterocycles. The lowest BCUT2D eigenvalue weighted by Crippen LogP contribution is -2.53. The molecule has 26 heavy (non-hydrogen) atoms. The van der Waals surface area contributed by atoms with Gasteiger partial charge in [0, 0.05) is 0 Å². The standard InChI is InChI=1S/C17H23N3O6/c1-11(2)9-13(18-15(22)16(23)25-3)14(21)19-20-17(24)26-10-12-7-5-4-6-8-12/h4-8,11,13H,9-10H2,1-3H3,(H,18,22)(H,19,21)(H,20,24)/t13-/m0/s1. The molecule has 9 nitrogen and oxygen atoms in total. The number of hydrogen-bond acceptors (Lipinski definition) is 6. The van der Waals surface area contributed by atoms with E-state index in [2.05, 4.69) is 20.9 Å². The van der Waals surface area contributed by atoms with Crippen molar-refractivity contribution in [3.8, 4) is 0 Å². The summed E-state index contributed by atoms with van der Waals surface area (Å²) in [5.74, 6) is -2.79. The molecule has 3 amide bonds. The average Bonchev–Trinajstić information content (AvgIpc) is 2.63. The normalized spacial score (nSPS) is 11.2. The zero-order valence-electron chi connectivity index (χ0n) is 14.9. The van der Waals surface area contributed by atoms with Crippen LogP contribution in [0.15, 0.2) is 30.3 Å². The van der Waals surface area contributed by atoms with Crippen LogP contribution in [-0.4, -0.2) is 37.0 Å². The van der Waals surface area contributed by atoms with Crippen molar-refractivity contribution in [3.05, 3.63) is 35.9 Å². The van der Waals surface area contributed by atoms with E-state index in [1.54, 1.807) is 24.3 Å². The molecule has 1 atom stereocenters. The molecular weight excluding hydrogens is 342 g/mol. The summed E-state index contributed by atoms with van der Waals surface area (Å²) in [6.45, 7) is 3.72. The van der Waals surface area contributed by atoms with Crippen LogP contribution in [0, 0.1) is 5.92 Å². The van der Waals surface area contributed by atoms with Crippen molar-refractivity contribution in [2.45, 2.75) is 32.9 Å². The van der Waals surface area contributed by atoms with E-state index in [0.29, 0.717) is 0 Å². The number of carbonyl (C=O) groups excluding carboxylic acids is 4. The first-order valence-corrected chi connectivity index (χ1v) is 7.98. The molecule has 3 N–H and O–H groups in total. The molecule has 0 fully saturated rings. The molecule has 0 radical (unpaired) electrons. The van der Waals surface area contributed by atoms with E-state index < -0.39 is 29.9 Å². The topological polar surface area (TPSA) is 123 Å². The van der Waals surface area contributed by atoms with Crippen LogP contribution in [0.3, 0.4) is 0 Å². The third-order valence-corrected chi connectivity index (χ3v) is 3.20. The van der Waals surface area contributed by atoms with Crippen molar-refractivity contribution in [1.82, 2.24) is 16.2 Å². The van der Waals surface area contributed by atoms with Crippen LogP contribution < -0.4 is 16.2 Å². The number of rotatable bonds is 6. The lowest BCUT2D eigenvalue weighted by Gasteiger charge is -2.19. The SMILES string of the molecule is COC(=O)C(=O)N[C@@H](CC(C)C)C(=O)NNC(=O)OCc1ccccc1. The average molecular weight is 365 g/mol. The second-order valence-electron chi connectivity index (χ2n) is 5.82. The van der Waals surface area contributed by atoms with Gasteiger partial charge in [-0.1, -0.05) is 44.2 Å². The maximum Gasteiger partial charge on any atom is 0.426 e. The van der Waals surface area contributed by atoms with E-state index in [-0.39, 0.29) is 18.9 Å². The van der Waals surface area contributed by atoms with Crippen molar-refractivity contribution in [2.24, 2.45) is 5.92 Å². The summed E-state index contributed by atoms with van der Waals surface area (Å²) in [4.78, 5) is 46.6. The predicted octanol–water partition coefficient (Wildman–Crippen LogP) is 0.648. The van der Waals surface area contributed by atoms with Gasteiger partial charge in [0.2, 0.25) is 0 Å². The van der Waals surface area contributed by atoms with Gasteiger partial charge in [-0.3, -0.25) is 15.0 Å².